The van der Waals surface area contributed by atoms with Crippen molar-refractivity contribution in [1.82, 2.24) is 5.32 Å². The minimum absolute atomic E-state index is 0.197. The highest BCUT2D eigenvalue weighted by molar-refractivity contribution is 7.10. The lowest BCUT2D eigenvalue weighted by Gasteiger charge is -2.20. The van der Waals surface area contributed by atoms with Crippen LogP contribution in [0.3, 0.4) is 0 Å². The summed E-state index contributed by atoms with van der Waals surface area (Å²) in [6.07, 6.45) is 0. The smallest absolute Gasteiger partial charge is 0.218 e. The van der Waals surface area contributed by atoms with Crippen LogP contribution < -0.4 is 5.32 Å². The van der Waals surface area contributed by atoms with Crippen molar-refractivity contribution in [3.05, 3.63) is 22.4 Å². The maximum absolute atomic E-state index is 10.9. The van der Waals surface area contributed by atoms with E-state index in [4.69, 9.17) is 5.26 Å². The highest BCUT2D eigenvalue weighted by Gasteiger charge is 2.27. The van der Waals surface area contributed by atoms with Gasteiger partial charge in [-0.25, -0.2) is 0 Å². The third kappa shape index (κ3) is 2.07. The summed E-state index contributed by atoms with van der Waals surface area (Å²) < 4.78 is 0. The molecule has 1 amide bonds. The second kappa shape index (κ2) is 3.58. The molecule has 3 nitrogen and oxygen atoms in total. The predicted molar refractivity (Wildman–Crippen MR) is 51.1 cm³/mol. The molecule has 0 saturated heterocycles. The van der Waals surface area contributed by atoms with Gasteiger partial charge >= 0.3 is 0 Å². The van der Waals surface area contributed by atoms with Crippen LogP contribution in [0.25, 0.3) is 0 Å². The van der Waals surface area contributed by atoms with Gasteiger partial charge in [0.2, 0.25) is 5.91 Å². The summed E-state index contributed by atoms with van der Waals surface area (Å²) in [5.41, 5.74) is -0.889. The van der Waals surface area contributed by atoms with E-state index in [1.807, 2.05) is 17.5 Å². The van der Waals surface area contributed by atoms with Crippen LogP contribution in [-0.4, -0.2) is 5.91 Å². The van der Waals surface area contributed by atoms with Gasteiger partial charge in [-0.15, -0.1) is 11.3 Å². The van der Waals surface area contributed by atoms with E-state index in [0.29, 0.717) is 0 Å². The number of carbonyl (C=O) groups is 1. The molecule has 68 valence electrons. The molecule has 0 aromatic carbocycles. The van der Waals surface area contributed by atoms with E-state index in [0.717, 1.165) is 4.88 Å². The monoisotopic (exact) mass is 194 g/mol. The summed E-state index contributed by atoms with van der Waals surface area (Å²) in [6.45, 7) is 3.10. The fraction of sp³-hybridized carbons (Fsp3) is 0.333. The van der Waals surface area contributed by atoms with Crippen LogP contribution in [0.5, 0.6) is 0 Å². The summed E-state index contributed by atoms with van der Waals surface area (Å²) in [6, 6.07) is 5.79. The molecule has 1 rings (SSSR count). The number of thiophene rings is 1. The molecule has 0 radical (unpaired) electrons. The Balaban J connectivity index is 2.96. The van der Waals surface area contributed by atoms with Crippen molar-refractivity contribution >= 4 is 17.2 Å². The zero-order valence-corrected chi connectivity index (χ0v) is 8.31. The van der Waals surface area contributed by atoms with Crippen LogP contribution in [0.2, 0.25) is 0 Å². The molecule has 4 heteroatoms. The Hall–Kier alpha value is -1.34. The van der Waals surface area contributed by atoms with Gasteiger partial charge in [0.05, 0.1) is 6.07 Å². The Morgan fingerprint density at radius 1 is 1.77 bits per heavy atom. The topological polar surface area (TPSA) is 52.9 Å². The molecular formula is C9H10N2OS. The largest absolute Gasteiger partial charge is 0.334 e. The van der Waals surface area contributed by atoms with E-state index in [9.17, 15) is 4.79 Å². The number of carbonyl (C=O) groups excluding carboxylic acids is 1. The third-order valence-electron chi connectivity index (χ3n) is 1.66. The van der Waals surface area contributed by atoms with E-state index in [1.54, 1.807) is 6.92 Å². The van der Waals surface area contributed by atoms with E-state index in [-0.39, 0.29) is 5.91 Å². The lowest BCUT2D eigenvalue weighted by atomic mass is 10.0. The summed E-state index contributed by atoms with van der Waals surface area (Å²) in [5.74, 6) is -0.197. The second-order valence-corrected chi connectivity index (χ2v) is 3.84. The first-order valence-electron chi connectivity index (χ1n) is 3.82. The fourth-order valence-corrected chi connectivity index (χ4v) is 1.85. The number of hydrogen-bond acceptors (Lipinski definition) is 3. The summed E-state index contributed by atoms with van der Waals surface area (Å²) in [7, 11) is 0. The lowest BCUT2D eigenvalue weighted by molar-refractivity contribution is -0.120. The zero-order valence-electron chi connectivity index (χ0n) is 7.50. The van der Waals surface area contributed by atoms with Crippen LogP contribution in [0.4, 0.5) is 0 Å². The standard InChI is InChI=1S/C9H10N2OS/c1-7(12)11-9(2,6-10)8-4-3-5-13-8/h3-5H,1-2H3,(H,11,12)/t9-/m1/s1. The van der Waals surface area contributed by atoms with Gasteiger partial charge in [-0.1, -0.05) is 6.07 Å². The molecule has 1 N–H and O–H groups in total. The van der Waals surface area contributed by atoms with Crippen LogP contribution >= 0.6 is 11.3 Å². The highest BCUT2D eigenvalue weighted by atomic mass is 32.1. The van der Waals surface area contributed by atoms with Gasteiger partial charge in [0, 0.05) is 11.8 Å². The lowest BCUT2D eigenvalue weighted by Crippen LogP contribution is -2.40. The quantitative estimate of drug-likeness (QED) is 0.777. The van der Waals surface area contributed by atoms with Crippen LogP contribution in [0, 0.1) is 11.3 Å². The maximum atomic E-state index is 10.9. The molecular weight excluding hydrogens is 184 g/mol. The van der Waals surface area contributed by atoms with E-state index in [2.05, 4.69) is 11.4 Å². The molecule has 0 bridgehead atoms. The predicted octanol–water partition coefficient (Wildman–Crippen LogP) is 1.62. The first-order valence-corrected chi connectivity index (χ1v) is 4.70. The van der Waals surface area contributed by atoms with Gasteiger partial charge in [-0.3, -0.25) is 4.79 Å². The van der Waals surface area contributed by atoms with Crippen molar-refractivity contribution in [2.24, 2.45) is 0 Å². The minimum atomic E-state index is -0.889. The third-order valence-corrected chi connectivity index (χ3v) is 2.76. The molecule has 1 atom stereocenters. The Bertz CT molecular complexity index is 339. The fourth-order valence-electron chi connectivity index (χ4n) is 1.06. The van der Waals surface area contributed by atoms with Crippen molar-refractivity contribution in [2.75, 3.05) is 0 Å². The van der Waals surface area contributed by atoms with Gasteiger partial charge in [0.25, 0.3) is 0 Å². The average Bonchev–Trinajstić information content (AvgIpc) is 2.55. The van der Waals surface area contributed by atoms with E-state index >= 15 is 0 Å². The molecule has 13 heavy (non-hydrogen) atoms. The Morgan fingerprint density at radius 3 is 2.85 bits per heavy atom. The number of rotatable bonds is 2. The molecule has 0 unspecified atom stereocenters. The van der Waals surface area contributed by atoms with Gasteiger partial charge in [-0.2, -0.15) is 5.26 Å². The van der Waals surface area contributed by atoms with Gasteiger partial charge in [0.1, 0.15) is 0 Å². The SMILES string of the molecule is CC(=O)N[C@](C)(C#N)c1cccs1. The van der Waals surface area contributed by atoms with Crippen LogP contribution in [-0.2, 0) is 10.3 Å². The van der Waals surface area contributed by atoms with Crippen LogP contribution in [0.15, 0.2) is 17.5 Å². The first-order chi connectivity index (χ1) is 6.08. The number of nitrogens with zero attached hydrogens (tertiary/aromatic N) is 1. The zero-order chi connectivity index (χ0) is 9.90. The molecule has 1 heterocycles. The molecule has 0 fully saturated rings. The first kappa shape index (κ1) is 9.75. The van der Waals surface area contributed by atoms with E-state index in [1.165, 1.54) is 18.3 Å². The molecule has 0 aliphatic carbocycles. The number of nitriles is 1. The Labute approximate surface area is 81.0 Å². The molecule has 0 aliphatic rings. The maximum Gasteiger partial charge on any atom is 0.218 e. The number of hydrogen-bond donors (Lipinski definition) is 1. The van der Waals surface area contributed by atoms with Gasteiger partial charge in [0.15, 0.2) is 5.54 Å². The van der Waals surface area contributed by atoms with Crippen molar-refractivity contribution < 1.29 is 4.79 Å². The van der Waals surface area contributed by atoms with Crippen molar-refractivity contribution in [3.63, 3.8) is 0 Å². The number of nitrogens with one attached hydrogen (secondary N) is 1. The van der Waals surface area contributed by atoms with Crippen molar-refractivity contribution in [1.29, 1.82) is 5.26 Å². The van der Waals surface area contributed by atoms with Crippen molar-refractivity contribution in [2.45, 2.75) is 19.4 Å². The van der Waals surface area contributed by atoms with E-state index < -0.39 is 5.54 Å². The average molecular weight is 194 g/mol. The summed E-state index contributed by atoms with van der Waals surface area (Å²) in [5, 5.41) is 13.4. The molecule has 1 aromatic heterocycles. The molecule has 0 aliphatic heterocycles. The second-order valence-electron chi connectivity index (χ2n) is 2.90. The highest BCUT2D eigenvalue weighted by Crippen LogP contribution is 2.24. The normalized spacial score (nSPS) is 14.2. The molecule has 0 saturated carbocycles. The summed E-state index contributed by atoms with van der Waals surface area (Å²) in [4.78, 5) is 11.7. The molecule has 0 spiro atoms. The van der Waals surface area contributed by atoms with Crippen molar-refractivity contribution in [3.8, 4) is 6.07 Å². The van der Waals surface area contributed by atoms with Crippen LogP contribution in [0.1, 0.15) is 18.7 Å². The number of amides is 1. The summed E-state index contributed by atoms with van der Waals surface area (Å²) >= 11 is 1.46. The Kier molecular flexibility index (Phi) is 2.69. The van der Waals surface area contributed by atoms with Gasteiger partial charge < -0.3 is 5.32 Å². The Morgan fingerprint density at radius 2 is 2.46 bits per heavy atom. The van der Waals surface area contributed by atoms with Gasteiger partial charge in [-0.05, 0) is 18.4 Å². The molecule has 1 aromatic rings. The minimum Gasteiger partial charge on any atom is -0.334 e.